The molecular weight excluding hydrogens is 212 g/mol. The van der Waals surface area contributed by atoms with Crippen molar-refractivity contribution in [3.05, 3.63) is 9.47 Å². The molecule has 0 aliphatic rings. The molecule has 0 aromatic heterocycles. The second-order valence-electron chi connectivity index (χ2n) is 0.700. The Kier molecular flexibility index (Phi) is 4.26. The fraction of sp³-hybridized carbons (Fsp3) is 0.333. The van der Waals surface area contributed by atoms with E-state index in [-0.39, 0.29) is 6.61 Å². The average Bonchev–Trinajstić information content (AvgIpc) is 1.65. The molecule has 35 valence electrons. The van der Waals surface area contributed by atoms with Gasteiger partial charge in [-0.2, -0.15) is 0 Å². The number of hydrogen-bond donors (Lipinski definition) is 0. The summed E-state index contributed by atoms with van der Waals surface area (Å²) in [5.41, 5.74) is 0. The molecule has 0 aromatic carbocycles. The molecule has 0 saturated carbocycles. The molecule has 0 aliphatic carbocycles. The van der Waals surface area contributed by atoms with Gasteiger partial charge in [-0.3, -0.25) is 0 Å². The SMILES string of the molecule is [O]C/C(Br)=C/Br. The highest BCUT2D eigenvalue weighted by Gasteiger charge is 1.80. The van der Waals surface area contributed by atoms with Gasteiger partial charge >= 0.3 is 0 Å². The van der Waals surface area contributed by atoms with E-state index in [4.69, 9.17) is 0 Å². The maximum Gasteiger partial charge on any atom is 0.114 e. The Labute approximate surface area is 53.3 Å². The molecule has 0 spiro atoms. The molecule has 0 amide bonds. The molecule has 0 saturated heterocycles. The molecule has 0 fully saturated rings. The van der Waals surface area contributed by atoms with E-state index in [0.717, 1.165) is 0 Å². The van der Waals surface area contributed by atoms with Crippen molar-refractivity contribution in [2.24, 2.45) is 0 Å². The third-order valence-corrected chi connectivity index (χ3v) is 1.88. The lowest BCUT2D eigenvalue weighted by Crippen LogP contribution is -1.71. The van der Waals surface area contributed by atoms with E-state index in [2.05, 4.69) is 31.9 Å². The average molecular weight is 215 g/mol. The van der Waals surface area contributed by atoms with Crippen LogP contribution in [0.15, 0.2) is 9.47 Å². The standard InChI is InChI=1S/C3H3Br2O/c4-1-3(5)2-6/h1H,2H2/b3-1-. The van der Waals surface area contributed by atoms with E-state index < -0.39 is 0 Å². The summed E-state index contributed by atoms with van der Waals surface area (Å²) in [6, 6.07) is 0. The van der Waals surface area contributed by atoms with Crippen LogP contribution in [0.25, 0.3) is 0 Å². The maximum absolute atomic E-state index is 9.72. The van der Waals surface area contributed by atoms with Crippen molar-refractivity contribution in [2.45, 2.75) is 0 Å². The zero-order valence-electron chi connectivity index (χ0n) is 2.95. The van der Waals surface area contributed by atoms with Crippen LogP contribution in [0.5, 0.6) is 0 Å². The first-order valence-corrected chi connectivity index (χ1v) is 3.05. The molecule has 0 unspecified atom stereocenters. The Balaban J connectivity index is 3.22. The lowest BCUT2D eigenvalue weighted by Gasteiger charge is -1.77. The van der Waals surface area contributed by atoms with Crippen LogP contribution >= 0.6 is 31.9 Å². The summed E-state index contributed by atoms with van der Waals surface area (Å²) in [5.74, 6) is 0. The third-order valence-electron chi connectivity index (χ3n) is 0.256. The zero-order valence-corrected chi connectivity index (χ0v) is 6.12. The molecular formula is C3H3Br2O. The molecule has 1 nitrogen and oxygen atoms in total. The van der Waals surface area contributed by atoms with Crippen molar-refractivity contribution in [1.82, 2.24) is 0 Å². The minimum atomic E-state index is -0.189. The number of halogens is 2. The largest absolute Gasteiger partial charge is 0.231 e. The van der Waals surface area contributed by atoms with E-state index in [1.165, 1.54) is 0 Å². The van der Waals surface area contributed by atoms with Crippen LogP contribution in [0.3, 0.4) is 0 Å². The van der Waals surface area contributed by atoms with Crippen molar-refractivity contribution in [1.29, 1.82) is 0 Å². The number of hydrogen-bond acceptors (Lipinski definition) is 0. The molecule has 0 rings (SSSR count). The van der Waals surface area contributed by atoms with Gasteiger partial charge in [-0.25, -0.2) is 5.11 Å². The topological polar surface area (TPSA) is 19.9 Å². The molecule has 0 atom stereocenters. The molecule has 0 bridgehead atoms. The Hall–Kier alpha value is 0.660. The molecule has 0 aromatic rings. The lowest BCUT2D eigenvalue weighted by molar-refractivity contribution is 0.230. The Bertz CT molecular complexity index is 59.8. The molecule has 6 heavy (non-hydrogen) atoms. The zero-order chi connectivity index (χ0) is 4.99. The normalized spacial score (nSPS) is 12.2. The highest BCUT2D eigenvalue weighted by molar-refractivity contribution is 9.14. The highest BCUT2D eigenvalue weighted by atomic mass is 79.9. The van der Waals surface area contributed by atoms with E-state index >= 15 is 0 Å². The molecule has 0 N–H and O–H groups in total. The van der Waals surface area contributed by atoms with Gasteiger partial charge in [0.25, 0.3) is 0 Å². The van der Waals surface area contributed by atoms with Gasteiger partial charge in [0, 0.05) is 4.48 Å². The number of rotatable bonds is 1. The van der Waals surface area contributed by atoms with Crippen molar-refractivity contribution < 1.29 is 5.11 Å². The van der Waals surface area contributed by atoms with Crippen LogP contribution in [-0.4, -0.2) is 6.61 Å². The van der Waals surface area contributed by atoms with Crippen LogP contribution in [-0.2, 0) is 5.11 Å². The van der Waals surface area contributed by atoms with E-state index in [1.807, 2.05) is 0 Å². The molecule has 0 aliphatic heterocycles. The lowest BCUT2D eigenvalue weighted by atomic mass is 10.7. The second-order valence-corrected chi connectivity index (χ2v) is 2.18. The Morgan fingerprint density at radius 2 is 2.33 bits per heavy atom. The van der Waals surface area contributed by atoms with Gasteiger partial charge in [0.05, 0.1) is 0 Å². The predicted molar refractivity (Wildman–Crippen MR) is 31.5 cm³/mol. The first-order chi connectivity index (χ1) is 2.81. The van der Waals surface area contributed by atoms with Crippen molar-refractivity contribution in [3.63, 3.8) is 0 Å². The van der Waals surface area contributed by atoms with Gasteiger partial charge in [-0.1, -0.05) is 31.9 Å². The third kappa shape index (κ3) is 2.87. The first-order valence-electron chi connectivity index (χ1n) is 1.34. The van der Waals surface area contributed by atoms with Crippen molar-refractivity contribution >= 4 is 31.9 Å². The monoisotopic (exact) mass is 213 g/mol. The molecule has 1 radical (unpaired) electrons. The summed E-state index contributed by atoms with van der Waals surface area (Å²) >= 11 is 5.94. The van der Waals surface area contributed by atoms with Gasteiger partial charge < -0.3 is 0 Å². The summed E-state index contributed by atoms with van der Waals surface area (Å²) in [6.07, 6.45) is 0. The van der Waals surface area contributed by atoms with E-state index in [9.17, 15) is 5.11 Å². The Morgan fingerprint density at radius 3 is 2.33 bits per heavy atom. The van der Waals surface area contributed by atoms with Gasteiger partial charge in [0.1, 0.15) is 6.61 Å². The van der Waals surface area contributed by atoms with Crippen molar-refractivity contribution in [2.75, 3.05) is 6.61 Å². The van der Waals surface area contributed by atoms with Crippen LogP contribution in [0.2, 0.25) is 0 Å². The van der Waals surface area contributed by atoms with Gasteiger partial charge in [-0.05, 0) is 4.99 Å². The van der Waals surface area contributed by atoms with Crippen molar-refractivity contribution in [3.8, 4) is 0 Å². The summed E-state index contributed by atoms with van der Waals surface area (Å²) < 4.78 is 0.641. The van der Waals surface area contributed by atoms with Crippen LogP contribution in [0.4, 0.5) is 0 Å². The fourth-order valence-electron chi connectivity index (χ4n) is 0.0315. The Morgan fingerprint density at radius 1 is 1.83 bits per heavy atom. The van der Waals surface area contributed by atoms with Crippen LogP contribution < -0.4 is 0 Å². The first kappa shape index (κ1) is 6.66. The smallest absolute Gasteiger partial charge is 0.114 e. The van der Waals surface area contributed by atoms with E-state index in [1.54, 1.807) is 4.99 Å². The maximum atomic E-state index is 9.72. The second kappa shape index (κ2) is 3.84. The predicted octanol–water partition coefficient (Wildman–Crippen LogP) is 2.05. The minimum absolute atomic E-state index is 0.189. The molecule has 0 heterocycles. The van der Waals surface area contributed by atoms with Gasteiger partial charge in [0.2, 0.25) is 0 Å². The van der Waals surface area contributed by atoms with Crippen LogP contribution in [0, 0.1) is 0 Å². The quantitative estimate of drug-likeness (QED) is 0.637. The summed E-state index contributed by atoms with van der Waals surface area (Å²) in [6.45, 7) is -0.189. The summed E-state index contributed by atoms with van der Waals surface area (Å²) in [4.78, 5) is 1.56. The van der Waals surface area contributed by atoms with E-state index in [0.29, 0.717) is 4.48 Å². The van der Waals surface area contributed by atoms with Gasteiger partial charge in [-0.15, -0.1) is 0 Å². The van der Waals surface area contributed by atoms with Crippen LogP contribution in [0.1, 0.15) is 0 Å². The summed E-state index contributed by atoms with van der Waals surface area (Å²) in [7, 11) is 0. The van der Waals surface area contributed by atoms with Gasteiger partial charge in [0.15, 0.2) is 0 Å². The highest BCUT2D eigenvalue weighted by Crippen LogP contribution is 2.04. The fourth-order valence-corrected chi connectivity index (χ4v) is 0.164. The minimum Gasteiger partial charge on any atom is -0.231 e. The molecule has 3 heteroatoms. The summed E-state index contributed by atoms with van der Waals surface area (Å²) in [5, 5.41) is 9.72.